The van der Waals surface area contributed by atoms with Crippen molar-refractivity contribution in [2.45, 2.75) is 6.92 Å². The van der Waals surface area contributed by atoms with Crippen molar-refractivity contribution in [1.82, 2.24) is 15.2 Å². The molecular weight excluding hydrogens is 297 g/mol. The second kappa shape index (κ2) is 6.27. The Morgan fingerprint density at radius 3 is 2.70 bits per heavy atom. The molecule has 0 aliphatic rings. The van der Waals surface area contributed by atoms with Crippen LogP contribution >= 0.6 is 0 Å². The van der Waals surface area contributed by atoms with Gasteiger partial charge < -0.3 is 5.32 Å². The first kappa shape index (κ1) is 14.7. The van der Waals surface area contributed by atoms with Crippen molar-refractivity contribution in [2.75, 3.05) is 10.6 Å². The number of hydrogen-bond donors (Lipinski definition) is 3. The van der Waals surface area contributed by atoms with E-state index in [-0.39, 0.29) is 0 Å². The number of aromatic amines is 1. The highest BCUT2D eigenvalue weighted by molar-refractivity contribution is 6.01. The molecule has 23 heavy (non-hydrogen) atoms. The zero-order valence-electron chi connectivity index (χ0n) is 12.3. The molecule has 2 heterocycles. The first-order valence-corrected chi connectivity index (χ1v) is 6.92. The van der Waals surface area contributed by atoms with Crippen molar-refractivity contribution in [3.8, 4) is 11.1 Å². The van der Waals surface area contributed by atoms with Crippen LogP contribution in [0, 0.1) is 12.7 Å². The molecule has 0 saturated carbocycles. The third-order valence-electron chi connectivity index (χ3n) is 3.23. The van der Waals surface area contributed by atoms with Gasteiger partial charge in [-0.1, -0.05) is 6.07 Å². The topological polar surface area (TPSA) is 82.7 Å². The zero-order chi connectivity index (χ0) is 16.2. The summed E-state index contributed by atoms with van der Waals surface area (Å²) >= 11 is 0. The van der Waals surface area contributed by atoms with Gasteiger partial charge in [0.05, 0.1) is 0 Å². The number of hydrogen-bond acceptors (Lipinski definition) is 3. The molecule has 0 spiro atoms. The van der Waals surface area contributed by atoms with E-state index in [1.54, 1.807) is 18.5 Å². The Bertz CT molecular complexity index is 831. The minimum absolute atomic E-state index is 0.361. The summed E-state index contributed by atoms with van der Waals surface area (Å²) in [6.45, 7) is 1.86. The lowest BCUT2D eigenvalue weighted by Crippen LogP contribution is -2.20. The summed E-state index contributed by atoms with van der Waals surface area (Å²) in [6, 6.07) is 8.81. The molecule has 2 aromatic heterocycles. The molecule has 3 N–H and O–H groups in total. The summed E-state index contributed by atoms with van der Waals surface area (Å²) in [4.78, 5) is 16.0. The number of pyridine rings is 1. The van der Waals surface area contributed by atoms with Crippen LogP contribution in [-0.4, -0.2) is 21.2 Å². The zero-order valence-corrected chi connectivity index (χ0v) is 12.3. The third kappa shape index (κ3) is 3.34. The summed E-state index contributed by atoms with van der Waals surface area (Å²) in [7, 11) is 0. The van der Waals surface area contributed by atoms with Crippen LogP contribution in [-0.2, 0) is 0 Å². The molecule has 3 rings (SSSR count). The monoisotopic (exact) mass is 311 g/mol. The first-order chi connectivity index (χ1) is 11.1. The van der Waals surface area contributed by atoms with Crippen molar-refractivity contribution >= 4 is 17.5 Å². The smallest absolute Gasteiger partial charge is 0.308 e. The van der Waals surface area contributed by atoms with Gasteiger partial charge in [0.15, 0.2) is 5.82 Å². The predicted molar refractivity (Wildman–Crippen MR) is 85.6 cm³/mol. The minimum atomic E-state index is -0.502. The first-order valence-electron chi connectivity index (χ1n) is 6.92. The fourth-order valence-corrected chi connectivity index (χ4v) is 2.23. The van der Waals surface area contributed by atoms with Crippen LogP contribution in [0.2, 0.25) is 0 Å². The Labute approximate surface area is 131 Å². The van der Waals surface area contributed by atoms with E-state index in [9.17, 15) is 9.18 Å². The average molecular weight is 311 g/mol. The quantitative estimate of drug-likeness (QED) is 0.691. The highest BCUT2D eigenvalue weighted by atomic mass is 19.1. The van der Waals surface area contributed by atoms with Crippen molar-refractivity contribution in [2.24, 2.45) is 0 Å². The summed E-state index contributed by atoms with van der Waals surface area (Å²) in [5.41, 5.74) is 2.84. The number of halogens is 1. The van der Waals surface area contributed by atoms with Gasteiger partial charge in [-0.05, 0) is 42.8 Å². The molecule has 0 unspecified atom stereocenters. The molecule has 0 fully saturated rings. The van der Waals surface area contributed by atoms with Gasteiger partial charge in [0, 0.05) is 29.3 Å². The molecule has 0 saturated heterocycles. The van der Waals surface area contributed by atoms with Gasteiger partial charge in [-0.25, -0.2) is 9.18 Å². The number of rotatable bonds is 3. The van der Waals surface area contributed by atoms with Crippen LogP contribution < -0.4 is 10.6 Å². The molecule has 3 aromatic rings. The minimum Gasteiger partial charge on any atom is -0.308 e. The largest absolute Gasteiger partial charge is 0.324 e. The normalized spacial score (nSPS) is 10.3. The lowest BCUT2D eigenvalue weighted by Gasteiger charge is -2.08. The number of benzene rings is 1. The van der Waals surface area contributed by atoms with Crippen LogP contribution in [0.25, 0.3) is 11.1 Å². The van der Waals surface area contributed by atoms with E-state index in [0.717, 1.165) is 16.8 Å². The number of anilines is 2. The van der Waals surface area contributed by atoms with Gasteiger partial charge in [0.25, 0.3) is 0 Å². The SMILES string of the molecule is Cc1[nH]nc(NC(=O)Nc2cccc(F)c2)c1-c1ccncc1. The molecule has 0 atom stereocenters. The summed E-state index contributed by atoms with van der Waals surface area (Å²) in [6.07, 6.45) is 3.33. The van der Waals surface area contributed by atoms with Gasteiger partial charge >= 0.3 is 6.03 Å². The third-order valence-corrected chi connectivity index (χ3v) is 3.23. The molecule has 0 aliphatic carbocycles. The Kier molecular flexibility index (Phi) is 4.01. The summed E-state index contributed by atoms with van der Waals surface area (Å²) in [5, 5.41) is 12.2. The van der Waals surface area contributed by atoms with E-state index in [4.69, 9.17) is 0 Å². The fourth-order valence-electron chi connectivity index (χ4n) is 2.23. The van der Waals surface area contributed by atoms with Gasteiger partial charge in [0.1, 0.15) is 5.82 Å². The molecule has 7 heteroatoms. The van der Waals surface area contributed by atoms with Crippen LogP contribution in [0.5, 0.6) is 0 Å². The van der Waals surface area contributed by atoms with Crippen LogP contribution in [0.3, 0.4) is 0 Å². The number of nitrogens with one attached hydrogen (secondary N) is 3. The highest BCUT2D eigenvalue weighted by Crippen LogP contribution is 2.28. The van der Waals surface area contributed by atoms with E-state index in [2.05, 4.69) is 25.8 Å². The van der Waals surface area contributed by atoms with E-state index in [0.29, 0.717) is 11.5 Å². The van der Waals surface area contributed by atoms with E-state index >= 15 is 0 Å². The molecule has 0 bridgehead atoms. The standard InChI is InChI=1S/C16H14FN5O/c1-10-14(11-5-7-18-8-6-11)15(22-21-10)20-16(23)19-13-4-2-3-12(17)9-13/h2-9H,1H3,(H3,19,20,21,22,23). The number of nitrogens with zero attached hydrogens (tertiary/aromatic N) is 2. The maximum Gasteiger partial charge on any atom is 0.324 e. The van der Waals surface area contributed by atoms with Crippen LogP contribution in [0.4, 0.5) is 20.7 Å². The Hall–Kier alpha value is -3.22. The van der Waals surface area contributed by atoms with E-state index < -0.39 is 11.8 Å². The molecule has 116 valence electrons. The van der Waals surface area contributed by atoms with Crippen molar-refractivity contribution in [1.29, 1.82) is 0 Å². The molecule has 0 radical (unpaired) electrons. The van der Waals surface area contributed by atoms with Gasteiger partial charge in [-0.15, -0.1) is 0 Å². The number of carbonyl (C=O) groups is 1. The lowest BCUT2D eigenvalue weighted by atomic mass is 10.1. The van der Waals surface area contributed by atoms with Crippen molar-refractivity contribution in [3.05, 3.63) is 60.3 Å². The number of aryl methyl sites for hydroxylation is 1. The van der Waals surface area contributed by atoms with E-state index in [1.165, 1.54) is 18.2 Å². The van der Waals surface area contributed by atoms with Crippen molar-refractivity contribution < 1.29 is 9.18 Å². The maximum absolute atomic E-state index is 13.1. The molecular formula is C16H14FN5O. The highest BCUT2D eigenvalue weighted by Gasteiger charge is 2.15. The van der Waals surface area contributed by atoms with Crippen LogP contribution in [0.15, 0.2) is 48.8 Å². The Balaban J connectivity index is 1.80. The van der Waals surface area contributed by atoms with Crippen molar-refractivity contribution in [3.63, 3.8) is 0 Å². The number of H-pyrrole nitrogens is 1. The van der Waals surface area contributed by atoms with Gasteiger partial charge in [-0.3, -0.25) is 15.4 Å². The molecule has 0 aliphatic heterocycles. The van der Waals surface area contributed by atoms with Gasteiger partial charge in [0.2, 0.25) is 0 Å². The second-order valence-corrected chi connectivity index (χ2v) is 4.90. The van der Waals surface area contributed by atoms with E-state index in [1.807, 2.05) is 19.1 Å². The molecule has 2 amide bonds. The lowest BCUT2D eigenvalue weighted by molar-refractivity contribution is 0.262. The average Bonchev–Trinajstić information content (AvgIpc) is 2.88. The maximum atomic E-state index is 13.1. The van der Waals surface area contributed by atoms with Crippen LogP contribution in [0.1, 0.15) is 5.69 Å². The number of carbonyl (C=O) groups excluding carboxylic acids is 1. The predicted octanol–water partition coefficient (Wildman–Crippen LogP) is 3.56. The second-order valence-electron chi connectivity index (χ2n) is 4.90. The Morgan fingerprint density at radius 1 is 1.17 bits per heavy atom. The fraction of sp³-hybridized carbons (Fsp3) is 0.0625. The van der Waals surface area contributed by atoms with Gasteiger partial charge in [-0.2, -0.15) is 5.10 Å². The Morgan fingerprint density at radius 2 is 1.96 bits per heavy atom. The number of amides is 2. The number of aromatic nitrogens is 3. The number of urea groups is 1. The molecule has 6 nitrogen and oxygen atoms in total. The molecule has 1 aromatic carbocycles. The summed E-state index contributed by atoms with van der Waals surface area (Å²) in [5.74, 6) is -0.0292. The summed E-state index contributed by atoms with van der Waals surface area (Å²) < 4.78 is 13.1.